The van der Waals surface area contributed by atoms with Crippen molar-refractivity contribution in [1.29, 1.82) is 0 Å². The molecule has 0 aliphatic heterocycles. The highest BCUT2D eigenvalue weighted by atomic mass is 16.3. The monoisotopic (exact) mass is 182 g/mol. The molecule has 5 N–H and O–H groups in total. The average molecular weight is 182 g/mol. The number of nitrogens with one attached hydrogen (secondary N) is 1. The third-order valence-electron chi connectivity index (χ3n) is 1.92. The van der Waals surface area contributed by atoms with E-state index in [1.54, 1.807) is 6.07 Å². The topological polar surface area (TPSA) is 78.5 Å². The molecule has 0 aliphatic rings. The van der Waals surface area contributed by atoms with E-state index in [9.17, 15) is 5.11 Å². The summed E-state index contributed by atoms with van der Waals surface area (Å²) in [6.45, 7) is 2.36. The van der Waals surface area contributed by atoms with E-state index >= 15 is 0 Å². The number of aliphatic hydroxyl groups is 1. The SMILES string of the molecule is Cc1c(NCCO)ccc(O)c1N. The highest BCUT2D eigenvalue weighted by Gasteiger charge is 2.04. The minimum absolute atomic E-state index is 0.0697. The molecule has 1 aromatic carbocycles. The van der Waals surface area contributed by atoms with Gasteiger partial charge in [-0.15, -0.1) is 0 Å². The van der Waals surface area contributed by atoms with E-state index in [-0.39, 0.29) is 12.4 Å². The zero-order valence-corrected chi connectivity index (χ0v) is 7.54. The van der Waals surface area contributed by atoms with Crippen LogP contribution in [0.2, 0.25) is 0 Å². The number of benzene rings is 1. The van der Waals surface area contributed by atoms with Crippen LogP contribution in [-0.2, 0) is 0 Å². The van der Waals surface area contributed by atoms with Gasteiger partial charge in [0, 0.05) is 12.2 Å². The van der Waals surface area contributed by atoms with Gasteiger partial charge in [-0.1, -0.05) is 0 Å². The predicted molar refractivity (Wildman–Crippen MR) is 52.8 cm³/mol. The van der Waals surface area contributed by atoms with Crippen LogP contribution in [0, 0.1) is 6.92 Å². The molecule has 0 bridgehead atoms. The Morgan fingerprint density at radius 1 is 1.46 bits per heavy atom. The first kappa shape index (κ1) is 9.67. The van der Waals surface area contributed by atoms with Gasteiger partial charge in [-0.3, -0.25) is 0 Å². The number of phenols is 1. The lowest BCUT2D eigenvalue weighted by Gasteiger charge is -2.11. The van der Waals surface area contributed by atoms with Gasteiger partial charge >= 0.3 is 0 Å². The first-order valence-corrected chi connectivity index (χ1v) is 4.09. The van der Waals surface area contributed by atoms with Crippen LogP contribution < -0.4 is 11.1 Å². The lowest BCUT2D eigenvalue weighted by molar-refractivity contribution is 0.311. The molecule has 72 valence electrons. The predicted octanol–water partition coefficient (Wildman–Crippen LogP) is 0.687. The summed E-state index contributed by atoms with van der Waals surface area (Å²) in [5, 5.41) is 20.8. The molecule has 1 rings (SSSR count). The van der Waals surface area contributed by atoms with Gasteiger partial charge in [0.25, 0.3) is 0 Å². The summed E-state index contributed by atoms with van der Waals surface area (Å²) < 4.78 is 0. The Morgan fingerprint density at radius 3 is 2.77 bits per heavy atom. The van der Waals surface area contributed by atoms with Crippen LogP contribution in [0.3, 0.4) is 0 Å². The molecule has 0 aliphatic carbocycles. The van der Waals surface area contributed by atoms with E-state index in [1.807, 2.05) is 6.92 Å². The second kappa shape index (κ2) is 4.00. The van der Waals surface area contributed by atoms with Crippen LogP contribution in [0.5, 0.6) is 5.75 Å². The van der Waals surface area contributed by atoms with Crippen molar-refractivity contribution in [2.45, 2.75) is 6.92 Å². The Bertz CT molecular complexity index is 300. The number of aromatic hydroxyl groups is 1. The molecule has 0 saturated carbocycles. The van der Waals surface area contributed by atoms with E-state index in [1.165, 1.54) is 6.07 Å². The van der Waals surface area contributed by atoms with Gasteiger partial charge in [0.1, 0.15) is 5.75 Å². The highest BCUT2D eigenvalue weighted by Crippen LogP contribution is 2.29. The van der Waals surface area contributed by atoms with Crippen LogP contribution in [0.4, 0.5) is 11.4 Å². The molecule has 0 heterocycles. The van der Waals surface area contributed by atoms with Crippen LogP contribution in [0.15, 0.2) is 12.1 Å². The van der Waals surface area contributed by atoms with Crippen LogP contribution >= 0.6 is 0 Å². The summed E-state index contributed by atoms with van der Waals surface area (Å²) in [4.78, 5) is 0. The van der Waals surface area contributed by atoms with E-state index in [4.69, 9.17) is 10.8 Å². The number of nitrogens with two attached hydrogens (primary N) is 1. The first-order chi connectivity index (χ1) is 6.16. The van der Waals surface area contributed by atoms with E-state index in [0.29, 0.717) is 12.2 Å². The van der Waals surface area contributed by atoms with Gasteiger partial charge < -0.3 is 21.3 Å². The molecule has 4 heteroatoms. The van der Waals surface area contributed by atoms with Gasteiger partial charge in [0.15, 0.2) is 0 Å². The summed E-state index contributed by atoms with van der Waals surface area (Å²) in [5.74, 6) is 0.0899. The van der Waals surface area contributed by atoms with Crippen LogP contribution in [0.25, 0.3) is 0 Å². The smallest absolute Gasteiger partial charge is 0.138 e. The number of rotatable bonds is 3. The summed E-state index contributed by atoms with van der Waals surface area (Å²) in [6.07, 6.45) is 0. The molecule has 0 spiro atoms. The number of hydrogen-bond donors (Lipinski definition) is 4. The van der Waals surface area contributed by atoms with E-state index in [0.717, 1.165) is 11.3 Å². The van der Waals surface area contributed by atoms with E-state index < -0.39 is 0 Å². The molecule has 0 saturated heterocycles. The maximum atomic E-state index is 9.25. The zero-order chi connectivity index (χ0) is 9.84. The van der Waals surface area contributed by atoms with E-state index in [2.05, 4.69) is 5.32 Å². The van der Waals surface area contributed by atoms with Gasteiger partial charge in [0.05, 0.1) is 12.3 Å². The molecule has 1 aromatic rings. The van der Waals surface area contributed by atoms with Crippen molar-refractivity contribution in [3.05, 3.63) is 17.7 Å². The molecular formula is C9H14N2O2. The lowest BCUT2D eigenvalue weighted by Crippen LogP contribution is -2.07. The normalized spacial score (nSPS) is 10.0. The van der Waals surface area contributed by atoms with Crippen LogP contribution in [0.1, 0.15) is 5.56 Å². The average Bonchev–Trinajstić information content (AvgIpc) is 2.13. The standard InChI is InChI=1S/C9H14N2O2/c1-6-7(11-4-5-12)2-3-8(13)9(6)10/h2-3,11-13H,4-5,10H2,1H3. The summed E-state index contributed by atoms with van der Waals surface area (Å²) in [6, 6.07) is 3.26. The summed E-state index contributed by atoms with van der Waals surface area (Å²) in [7, 11) is 0. The number of hydrogen-bond acceptors (Lipinski definition) is 4. The number of aliphatic hydroxyl groups excluding tert-OH is 1. The quantitative estimate of drug-likeness (QED) is 0.315. The minimum Gasteiger partial charge on any atom is -0.506 e. The Balaban J connectivity index is 2.90. The van der Waals surface area contributed by atoms with Gasteiger partial charge in [0.2, 0.25) is 0 Å². The number of phenolic OH excluding ortho intramolecular Hbond substituents is 1. The van der Waals surface area contributed by atoms with Gasteiger partial charge in [-0.2, -0.15) is 0 Å². The van der Waals surface area contributed by atoms with Crippen molar-refractivity contribution < 1.29 is 10.2 Å². The Hall–Kier alpha value is -1.42. The second-order valence-corrected chi connectivity index (χ2v) is 2.82. The second-order valence-electron chi connectivity index (χ2n) is 2.82. The van der Waals surface area contributed by atoms with Crippen molar-refractivity contribution >= 4 is 11.4 Å². The molecular weight excluding hydrogens is 168 g/mol. The van der Waals surface area contributed by atoms with Crippen molar-refractivity contribution in [2.75, 3.05) is 24.2 Å². The Labute approximate surface area is 77.0 Å². The molecule has 0 atom stereocenters. The first-order valence-electron chi connectivity index (χ1n) is 4.09. The van der Waals surface area contributed by atoms with Gasteiger partial charge in [-0.05, 0) is 24.6 Å². The maximum absolute atomic E-state index is 9.25. The van der Waals surface area contributed by atoms with Crippen LogP contribution in [-0.4, -0.2) is 23.4 Å². The molecule has 0 aromatic heterocycles. The highest BCUT2D eigenvalue weighted by molar-refractivity contribution is 5.68. The Morgan fingerprint density at radius 2 is 2.15 bits per heavy atom. The molecule has 13 heavy (non-hydrogen) atoms. The molecule has 0 fully saturated rings. The fraction of sp³-hybridized carbons (Fsp3) is 0.333. The molecule has 4 nitrogen and oxygen atoms in total. The fourth-order valence-corrected chi connectivity index (χ4v) is 1.10. The Kier molecular flexibility index (Phi) is 2.97. The third kappa shape index (κ3) is 2.03. The van der Waals surface area contributed by atoms with Crippen molar-refractivity contribution in [1.82, 2.24) is 0 Å². The van der Waals surface area contributed by atoms with Crippen molar-refractivity contribution in [3.8, 4) is 5.75 Å². The van der Waals surface area contributed by atoms with Crippen molar-refractivity contribution in [2.24, 2.45) is 0 Å². The maximum Gasteiger partial charge on any atom is 0.138 e. The largest absolute Gasteiger partial charge is 0.506 e. The number of nitrogen functional groups attached to an aromatic ring is 1. The van der Waals surface area contributed by atoms with Gasteiger partial charge in [-0.25, -0.2) is 0 Å². The van der Waals surface area contributed by atoms with Crippen molar-refractivity contribution in [3.63, 3.8) is 0 Å². The summed E-state index contributed by atoms with van der Waals surface area (Å²) >= 11 is 0. The number of anilines is 2. The minimum atomic E-state index is 0.0697. The third-order valence-corrected chi connectivity index (χ3v) is 1.92. The zero-order valence-electron chi connectivity index (χ0n) is 7.54. The lowest BCUT2D eigenvalue weighted by atomic mass is 10.1. The fourth-order valence-electron chi connectivity index (χ4n) is 1.10. The molecule has 0 radical (unpaired) electrons. The summed E-state index contributed by atoms with van der Waals surface area (Å²) in [5.41, 5.74) is 7.62. The molecule has 0 amide bonds. The molecule has 0 unspecified atom stereocenters.